The first-order chi connectivity index (χ1) is 12.5. The van der Waals surface area contributed by atoms with E-state index in [1.54, 1.807) is 0 Å². The van der Waals surface area contributed by atoms with Crippen molar-refractivity contribution in [1.82, 2.24) is 10.2 Å². The zero-order valence-corrected chi connectivity index (χ0v) is 16.0. The van der Waals surface area contributed by atoms with E-state index >= 15 is 0 Å². The van der Waals surface area contributed by atoms with Crippen molar-refractivity contribution in [3.05, 3.63) is 12.2 Å². The molecule has 1 amide bonds. The molecule has 0 spiro atoms. The number of nitrogens with zero attached hydrogens (tertiary/aromatic N) is 1. The molecule has 0 radical (unpaired) electrons. The van der Waals surface area contributed by atoms with E-state index in [1.165, 1.54) is 43.4 Å². The summed E-state index contributed by atoms with van der Waals surface area (Å²) < 4.78 is 0. The molecule has 1 atom stereocenters. The van der Waals surface area contributed by atoms with Crippen LogP contribution in [-0.2, 0) is 9.59 Å². The minimum Gasteiger partial charge on any atom is -0.480 e. The zero-order chi connectivity index (χ0) is 19.6. The summed E-state index contributed by atoms with van der Waals surface area (Å²) in [7, 11) is 0. The first kappa shape index (κ1) is 24.6. The fourth-order valence-corrected chi connectivity index (χ4v) is 2.54. The Hall–Kier alpha value is -1.44. The lowest BCUT2D eigenvalue weighted by atomic mass is 10.1. The van der Waals surface area contributed by atoms with Crippen LogP contribution in [0.15, 0.2) is 12.2 Å². The predicted molar refractivity (Wildman–Crippen MR) is 102 cm³/mol. The minimum atomic E-state index is -1.24. The first-order valence-electron chi connectivity index (χ1n) is 9.67. The highest BCUT2D eigenvalue weighted by Crippen LogP contribution is 2.07. The number of aliphatic carboxylic acids is 1. The number of aliphatic hydroxyl groups excluding tert-OH is 2. The van der Waals surface area contributed by atoms with Crippen molar-refractivity contribution in [2.24, 2.45) is 0 Å². The van der Waals surface area contributed by atoms with Gasteiger partial charge >= 0.3 is 5.97 Å². The second-order valence-corrected chi connectivity index (χ2v) is 6.44. The number of rotatable bonds is 17. The van der Waals surface area contributed by atoms with Gasteiger partial charge in [-0.2, -0.15) is 0 Å². The topological polar surface area (TPSA) is 110 Å². The first-order valence-corrected chi connectivity index (χ1v) is 9.67. The average molecular weight is 373 g/mol. The summed E-state index contributed by atoms with van der Waals surface area (Å²) in [6, 6.07) is 0. The summed E-state index contributed by atoms with van der Waals surface area (Å²) in [5, 5.41) is 29.9. The van der Waals surface area contributed by atoms with Crippen molar-refractivity contribution in [3.8, 4) is 0 Å². The number of hydrogen-bond acceptors (Lipinski definition) is 5. The number of hydrogen-bond donors (Lipinski definition) is 4. The second kappa shape index (κ2) is 17.0. The normalized spacial score (nSPS) is 12.6. The van der Waals surface area contributed by atoms with Crippen LogP contribution in [0.1, 0.15) is 64.7 Å². The number of allylic oxidation sites excluding steroid dienone is 2. The van der Waals surface area contributed by atoms with Crippen molar-refractivity contribution in [3.63, 3.8) is 0 Å². The van der Waals surface area contributed by atoms with E-state index in [2.05, 4.69) is 18.3 Å². The molecule has 1 unspecified atom stereocenters. The molecule has 0 rings (SSSR count). The Bertz CT molecular complexity index is 401. The third-order valence-corrected chi connectivity index (χ3v) is 4.07. The molecule has 0 fully saturated rings. The number of carbonyl (C=O) groups is 2. The number of carboxylic acid groups (broad SMARTS) is 1. The van der Waals surface area contributed by atoms with Crippen molar-refractivity contribution in [2.45, 2.75) is 70.9 Å². The highest BCUT2D eigenvalue weighted by molar-refractivity contribution is 5.76. The van der Waals surface area contributed by atoms with E-state index in [4.69, 9.17) is 10.2 Å². The fourth-order valence-electron chi connectivity index (χ4n) is 2.54. The summed E-state index contributed by atoms with van der Waals surface area (Å²) in [4.78, 5) is 23.6. The summed E-state index contributed by atoms with van der Waals surface area (Å²) in [5.41, 5.74) is 0. The number of carboxylic acids is 1. The van der Waals surface area contributed by atoms with Crippen LogP contribution in [0.2, 0.25) is 0 Å². The van der Waals surface area contributed by atoms with Gasteiger partial charge in [-0.1, -0.05) is 51.2 Å². The van der Waals surface area contributed by atoms with Crippen molar-refractivity contribution < 1.29 is 24.9 Å². The molecule has 0 aromatic rings. The Balaban J connectivity index is 3.72. The molecule has 4 N–H and O–H groups in total. The standard InChI is InChI=1S/C19H36N2O5/c1-2-3-4-5-6-7-8-9-10-11-12-17(23)20-13-14-21(15-19(25)26)18(24)16-22/h9-10,18,22,24H,2-8,11-16H2,1H3,(H,20,23)(H,25,26)/b10-9+. The smallest absolute Gasteiger partial charge is 0.317 e. The number of carbonyl (C=O) groups excluding carboxylic acids is 1. The molecule has 0 heterocycles. The summed E-state index contributed by atoms with van der Waals surface area (Å²) in [6.45, 7) is 1.66. The lowest BCUT2D eigenvalue weighted by Crippen LogP contribution is -2.45. The van der Waals surface area contributed by atoms with E-state index in [-0.39, 0.29) is 19.0 Å². The Morgan fingerprint density at radius 2 is 1.73 bits per heavy atom. The third-order valence-electron chi connectivity index (χ3n) is 4.07. The third kappa shape index (κ3) is 14.9. The monoisotopic (exact) mass is 372 g/mol. The van der Waals surface area contributed by atoms with Gasteiger partial charge < -0.3 is 20.6 Å². The molecular weight excluding hydrogens is 336 g/mol. The Morgan fingerprint density at radius 1 is 1.08 bits per heavy atom. The van der Waals surface area contributed by atoms with Gasteiger partial charge in [-0.25, -0.2) is 0 Å². The molecule has 7 nitrogen and oxygen atoms in total. The van der Waals surface area contributed by atoms with Gasteiger partial charge in [-0.15, -0.1) is 0 Å². The highest BCUT2D eigenvalue weighted by Gasteiger charge is 2.17. The lowest BCUT2D eigenvalue weighted by Gasteiger charge is -2.24. The molecule has 0 aromatic carbocycles. The van der Waals surface area contributed by atoms with Gasteiger partial charge in [-0.05, 0) is 19.3 Å². The van der Waals surface area contributed by atoms with E-state index < -0.39 is 25.3 Å². The molecule has 0 aliphatic carbocycles. The maximum Gasteiger partial charge on any atom is 0.317 e. The average Bonchev–Trinajstić information content (AvgIpc) is 2.61. The van der Waals surface area contributed by atoms with Gasteiger partial charge in [0.1, 0.15) is 6.23 Å². The van der Waals surface area contributed by atoms with Crippen LogP contribution in [0.3, 0.4) is 0 Å². The van der Waals surface area contributed by atoms with Crippen LogP contribution < -0.4 is 5.32 Å². The zero-order valence-electron chi connectivity index (χ0n) is 16.0. The van der Waals surface area contributed by atoms with Crippen LogP contribution in [0.4, 0.5) is 0 Å². The molecule has 0 aliphatic rings. The van der Waals surface area contributed by atoms with Crippen LogP contribution in [0, 0.1) is 0 Å². The summed E-state index contributed by atoms with van der Waals surface area (Å²) >= 11 is 0. The Kier molecular flexibility index (Phi) is 16.1. The fraction of sp³-hybridized carbons (Fsp3) is 0.789. The number of nitrogens with one attached hydrogen (secondary N) is 1. The predicted octanol–water partition coefficient (Wildman–Crippen LogP) is 1.89. The van der Waals surface area contributed by atoms with Crippen molar-refractivity contribution in [2.75, 3.05) is 26.2 Å². The Labute approximate surface area is 157 Å². The molecule has 152 valence electrons. The summed E-state index contributed by atoms with van der Waals surface area (Å²) in [5.74, 6) is -1.21. The van der Waals surface area contributed by atoms with Crippen molar-refractivity contribution in [1.29, 1.82) is 0 Å². The number of amides is 1. The van der Waals surface area contributed by atoms with E-state index in [0.29, 0.717) is 12.8 Å². The van der Waals surface area contributed by atoms with Gasteiger partial charge in [0, 0.05) is 19.5 Å². The molecule has 0 saturated carbocycles. The van der Waals surface area contributed by atoms with Crippen LogP contribution >= 0.6 is 0 Å². The maximum atomic E-state index is 11.7. The molecular formula is C19H36N2O5. The number of unbranched alkanes of at least 4 members (excludes halogenated alkanes) is 6. The Morgan fingerprint density at radius 3 is 2.38 bits per heavy atom. The molecule has 0 saturated heterocycles. The van der Waals surface area contributed by atoms with Gasteiger partial charge in [-0.3, -0.25) is 14.5 Å². The molecule has 0 bridgehead atoms. The van der Waals surface area contributed by atoms with Crippen LogP contribution in [0.5, 0.6) is 0 Å². The lowest BCUT2D eigenvalue weighted by molar-refractivity contribution is -0.142. The highest BCUT2D eigenvalue weighted by atomic mass is 16.4. The second-order valence-electron chi connectivity index (χ2n) is 6.44. The molecule has 0 aliphatic heterocycles. The molecule has 0 aromatic heterocycles. The largest absolute Gasteiger partial charge is 0.480 e. The van der Waals surface area contributed by atoms with E-state index in [1.807, 2.05) is 6.08 Å². The SMILES string of the molecule is CCCCCCCC/C=C/CCC(=O)NCCN(CC(=O)O)C(O)CO. The van der Waals surface area contributed by atoms with Crippen LogP contribution in [-0.4, -0.2) is 64.6 Å². The number of aliphatic hydroxyl groups is 2. The molecule has 26 heavy (non-hydrogen) atoms. The molecule has 7 heteroatoms. The van der Waals surface area contributed by atoms with Gasteiger partial charge in [0.15, 0.2) is 0 Å². The quantitative estimate of drug-likeness (QED) is 0.176. The van der Waals surface area contributed by atoms with Gasteiger partial charge in [0.05, 0.1) is 13.2 Å². The van der Waals surface area contributed by atoms with E-state index in [9.17, 15) is 14.7 Å². The van der Waals surface area contributed by atoms with Crippen LogP contribution in [0.25, 0.3) is 0 Å². The van der Waals surface area contributed by atoms with Crippen molar-refractivity contribution >= 4 is 11.9 Å². The maximum absolute atomic E-state index is 11.7. The summed E-state index contributed by atoms with van der Waals surface area (Å²) in [6.07, 6.45) is 12.7. The van der Waals surface area contributed by atoms with Gasteiger partial charge in [0.2, 0.25) is 5.91 Å². The van der Waals surface area contributed by atoms with Gasteiger partial charge in [0.25, 0.3) is 0 Å². The van der Waals surface area contributed by atoms with E-state index in [0.717, 1.165) is 6.42 Å². The minimum absolute atomic E-state index is 0.108.